The molecule has 0 unspecified atom stereocenters. The van der Waals surface area contributed by atoms with Gasteiger partial charge >= 0.3 is 5.97 Å². The lowest BCUT2D eigenvalue weighted by Gasteiger charge is -2.09. The van der Waals surface area contributed by atoms with Crippen LogP contribution in [-0.4, -0.2) is 23.4 Å². The van der Waals surface area contributed by atoms with Crippen molar-refractivity contribution in [1.29, 1.82) is 0 Å². The number of rotatable bonds is 5. The van der Waals surface area contributed by atoms with Crippen LogP contribution in [0.15, 0.2) is 53.6 Å². The minimum absolute atomic E-state index is 0.108. The Hall–Kier alpha value is -2.73. The third kappa shape index (κ3) is 4.89. The van der Waals surface area contributed by atoms with E-state index < -0.39 is 0 Å². The van der Waals surface area contributed by atoms with Gasteiger partial charge in [0.2, 0.25) is 0 Å². The van der Waals surface area contributed by atoms with E-state index in [9.17, 15) is 4.79 Å². The topological polar surface area (TPSA) is 76.7 Å². The van der Waals surface area contributed by atoms with Gasteiger partial charge in [0.05, 0.1) is 17.9 Å². The number of ether oxygens (including phenoxy) is 1. The molecule has 0 amide bonds. The summed E-state index contributed by atoms with van der Waals surface area (Å²) in [6.07, 6.45) is 1.50. The fraction of sp³-hybridized carbons (Fsp3) is 0.167. The Morgan fingerprint density at radius 1 is 1.21 bits per heavy atom. The van der Waals surface area contributed by atoms with Crippen LogP contribution >= 0.6 is 12.2 Å². The highest BCUT2D eigenvalue weighted by molar-refractivity contribution is 7.80. The number of esters is 1. The Labute approximate surface area is 146 Å². The molecule has 124 valence electrons. The molecule has 5 nitrogen and oxygen atoms in total. The van der Waals surface area contributed by atoms with Crippen molar-refractivity contribution in [2.45, 2.75) is 20.0 Å². The second kappa shape index (κ2) is 8.21. The summed E-state index contributed by atoms with van der Waals surface area (Å²) in [6, 6.07) is 15.0. The van der Waals surface area contributed by atoms with Gasteiger partial charge in [-0.25, -0.2) is 4.79 Å². The van der Waals surface area contributed by atoms with E-state index in [2.05, 4.69) is 10.5 Å². The second-order valence-corrected chi connectivity index (χ2v) is 5.79. The molecular weight excluding hydrogens is 322 g/mol. The van der Waals surface area contributed by atoms with Crippen LogP contribution < -0.4 is 11.2 Å². The maximum absolute atomic E-state index is 11.9. The van der Waals surface area contributed by atoms with Gasteiger partial charge in [-0.15, -0.1) is 0 Å². The van der Waals surface area contributed by atoms with E-state index in [-0.39, 0.29) is 17.2 Å². The Bertz CT molecular complexity index is 755. The first kappa shape index (κ1) is 17.6. The van der Waals surface area contributed by atoms with Crippen molar-refractivity contribution in [2.24, 2.45) is 10.8 Å². The maximum atomic E-state index is 11.9. The van der Waals surface area contributed by atoms with E-state index in [4.69, 9.17) is 22.7 Å². The van der Waals surface area contributed by atoms with Crippen LogP contribution in [-0.2, 0) is 4.74 Å². The number of hydrogen-bond acceptors (Lipinski definition) is 4. The third-order valence-corrected chi connectivity index (χ3v) is 3.20. The summed E-state index contributed by atoms with van der Waals surface area (Å²) in [4.78, 5) is 11.9. The quantitative estimate of drug-likeness (QED) is 0.378. The predicted molar refractivity (Wildman–Crippen MR) is 99.9 cm³/mol. The fourth-order valence-electron chi connectivity index (χ4n) is 2.11. The minimum Gasteiger partial charge on any atom is -0.459 e. The highest BCUT2D eigenvalue weighted by Gasteiger charge is 2.10. The average Bonchev–Trinajstić information content (AvgIpc) is 2.54. The maximum Gasteiger partial charge on any atom is 0.338 e. The molecule has 0 aliphatic heterocycles. The summed E-state index contributed by atoms with van der Waals surface area (Å²) >= 11 is 4.71. The molecule has 24 heavy (non-hydrogen) atoms. The van der Waals surface area contributed by atoms with Crippen LogP contribution in [0.5, 0.6) is 0 Å². The molecule has 0 saturated carbocycles. The molecular formula is C18H19N3O2S. The molecule has 6 heteroatoms. The summed E-state index contributed by atoms with van der Waals surface area (Å²) < 4.78 is 5.19. The molecule has 0 bridgehead atoms. The van der Waals surface area contributed by atoms with Crippen LogP contribution in [0.4, 0.5) is 0 Å². The average molecular weight is 341 g/mol. The van der Waals surface area contributed by atoms with Crippen LogP contribution in [0.25, 0.3) is 11.1 Å². The van der Waals surface area contributed by atoms with Gasteiger partial charge < -0.3 is 10.5 Å². The lowest BCUT2D eigenvalue weighted by atomic mass is 9.99. The number of thiocarbonyl (C=S) groups is 1. The monoisotopic (exact) mass is 341 g/mol. The molecule has 0 aliphatic carbocycles. The zero-order chi connectivity index (χ0) is 17.5. The van der Waals surface area contributed by atoms with Gasteiger partial charge in [-0.1, -0.05) is 36.4 Å². The molecule has 2 rings (SSSR count). The Morgan fingerprint density at radius 2 is 1.88 bits per heavy atom. The van der Waals surface area contributed by atoms with Crippen LogP contribution in [0.3, 0.4) is 0 Å². The number of benzene rings is 2. The van der Waals surface area contributed by atoms with Crippen molar-refractivity contribution in [3.8, 4) is 11.1 Å². The van der Waals surface area contributed by atoms with Gasteiger partial charge in [-0.2, -0.15) is 5.10 Å². The smallest absolute Gasteiger partial charge is 0.338 e. The normalized spacial score (nSPS) is 10.8. The van der Waals surface area contributed by atoms with E-state index >= 15 is 0 Å². The van der Waals surface area contributed by atoms with Crippen molar-refractivity contribution in [3.05, 3.63) is 59.7 Å². The van der Waals surface area contributed by atoms with Crippen molar-refractivity contribution in [2.75, 3.05) is 0 Å². The summed E-state index contributed by atoms with van der Waals surface area (Å²) in [5, 5.41) is 4.10. The number of hydrazone groups is 1. The number of hydrogen-bond donors (Lipinski definition) is 2. The van der Waals surface area contributed by atoms with Gasteiger partial charge in [0, 0.05) is 5.56 Å². The van der Waals surface area contributed by atoms with Crippen LogP contribution in [0, 0.1) is 0 Å². The van der Waals surface area contributed by atoms with E-state index in [0.717, 1.165) is 16.7 Å². The molecule has 0 saturated heterocycles. The molecule has 0 aliphatic rings. The summed E-state index contributed by atoms with van der Waals surface area (Å²) in [6.45, 7) is 3.64. The zero-order valence-electron chi connectivity index (χ0n) is 13.5. The molecule has 0 atom stereocenters. The number of nitrogens with zero attached hydrogens (tertiary/aromatic N) is 1. The van der Waals surface area contributed by atoms with E-state index in [0.29, 0.717) is 5.56 Å². The molecule has 0 aromatic heterocycles. The van der Waals surface area contributed by atoms with E-state index in [1.807, 2.05) is 50.2 Å². The van der Waals surface area contributed by atoms with Gasteiger partial charge in [-0.05, 0) is 49.3 Å². The lowest BCUT2D eigenvalue weighted by molar-refractivity contribution is 0.0378. The lowest BCUT2D eigenvalue weighted by Crippen LogP contribution is -2.24. The first-order valence-electron chi connectivity index (χ1n) is 7.46. The van der Waals surface area contributed by atoms with Crippen LogP contribution in [0.1, 0.15) is 29.8 Å². The van der Waals surface area contributed by atoms with Crippen molar-refractivity contribution >= 4 is 29.5 Å². The number of carbonyl (C=O) groups is 1. The molecule has 2 aromatic rings. The molecule has 0 radical (unpaired) electrons. The SMILES string of the molecule is CC(C)OC(=O)c1ccc(-c2ccccc2C=NNC(N)=S)cc1. The molecule has 0 heterocycles. The number of nitrogens with two attached hydrogens (primary N) is 1. The van der Waals surface area contributed by atoms with Crippen LogP contribution in [0.2, 0.25) is 0 Å². The Kier molecular flexibility index (Phi) is 6.03. The summed E-state index contributed by atoms with van der Waals surface area (Å²) in [7, 11) is 0. The standard InChI is InChI=1S/C18H19N3O2S/c1-12(2)23-17(22)14-9-7-13(8-10-14)16-6-4-3-5-15(16)11-20-21-18(19)24/h3-12H,1-2H3,(H3,19,21,24). The first-order valence-corrected chi connectivity index (χ1v) is 7.87. The molecule has 2 aromatic carbocycles. The molecule has 3 N–H and O–H groups in total. The highest BCUT2D eigenvalue weighted by Crippen LogP contribution is 2.23. The van der Waals surface area contributed by atoms with Crippen molar-refractivity contribution < 1.29 is 9.53 Å². The number of nitrogens with one attached hydrogen (secondary N) is 1. The van der Waals surface area contributed by atoms with E-state index in [1.165, 1.54) is 0 Å². The van der Waals surface area contributed by atoms with Gasteiger partial charge in [0.15, 0.2) is 5.11 Å². The first-order chi connectivity index (χ1) is 11.5. The molecule has 0 spiro atoms. The Morgan fingerprint density at radius 3 is 2.50 bits per heavy atom. The predicted octanol–water partition coefficient (Wildman–Crippen LogP) is 3.09. The molecule has 0 fully saturated rings. The Balaban J connectivity index is 2.24. The van der Waals surface area contributed by atoms with Gasteiger partial charge in [0.1, 0.15) is 0 Å². The van der Waals surface area contributed by atoms with E-state index in [1.54, 1.807) is 18.3 Å². The second-order valence-electron chi connectivity index (χ2n) is 5.35. The highest BCUT2D eigenvalue weighted by atomic mass is 32.1. The van der Waals surface area contributed by atoms with Gasteiger partial charge in [0.25, 0.3) is 0 Å². The van der Waals surface area contributed by atoms with Crippen molar-refractivity contribution in [3.63, 3.8) is 0 Å². The van der Waals surface area contributed by atoms with Crippen molar-refractivity contribution in [1.82, 2.24) is 5.43 Å². The third-order valence-electron chi connectivity index (χ3n) is 3.11. The number of carbonyl (C=O) groups excluding carboxylic acids is 1. The largest absolute Gasteiger partial charge is 0.459 e. The summed E-state index contributed by atoms with van der Waals surface area (Å²) in [5.74, 6) is -0.327. The minimum atomic E-state index is -0.327. The summed E-state index contributed by atoms with van der Waals surface area (Å²) in [5.41, 5.74) is 11.3. The fourth-order valence-corrected chi connectivity index (χ4v) is 2.16. The van der Waals surface area contributed by atoms with Gasteiger partial charge in [-0.3, -0.25) is 5.43 Å². The zero-order valence-corrected chi connectivity index (χ0v) is 14.3.